The first-order chi connectivity index (χ1) is 8.70. The van der Waals surface area contributed by atoms with Crippen molar-refractivity contribution in [1.29, 1.82) is 0 Å². The maximum Gasteiger partial charge on any atom is 0.336 e. The fourth-order valence-corrected chi connectivity index (χ4v) is 2.02. The van der Waals surface area contributed by atoms with E-state index in [4.69, 9.17) is 11.6 Å². The molecule has 3 nitrogen and oxygen atoms in total. The topological polar surface area (TPSA) is 50.2 Å². The number of carboxylic acid groups (broad SMARTS) is 1. The first-order valence-corrected chi connectivity index (χ1v) is 6.11. The molecule has 0 saturated heterocycles. The summed E-state index contributed by atoms with van der Waals surface area (Å²) in [6.07, 6.45) is 0. The molecule has 0 fully saturated rings. The molecule has 0 radical (unpaired) electrons. The summed E-state index contributed by atoms with van der Waals surface area (Å²) in [7, 11) is 0. The predicted octanol–water partition coefficient (Wildman–Crippen LogP) is 4.02. The zero-order valence-corrected chi connectivity index (χ0v) is 11.5. The number of hydrogen-bond acceptors (Lipinski definition) is 2. The predicted molar refractivity (Wildman–Crippen MR) is 72.4 cm³/mol. The lowest BCUT2D eigenvalue weighted by Gasteiger charge is -2.19. The fourth-order valence-electron chi connectivity index (χ4n) is 1.81. The second-order valence-corrected chi connectivity index (χ2v) is 5.83. The number of halogens is 2. The lowest BCUT2D eigenvalue weighted by atomic mass is 9.90. The molecule has 5 heteroatoms. The van der Waals surface area contributed by atoms with E-state index in [1.807, 2.05) is 20.8 Å². The van der Waals surface area contributed by atoms with Gasteiger partial charge in [0.2, 0.25) is 0 Å². The molecular formula is C14H13ClFNO2. The van der Waals surface area contributed by atoms with E-state index in [9.17, 15) is 14.3 Å². The van der Waals surface area contributed by atoms with Crippen LogP contribution < -0.4 is 0 Å². The molecule has 0 atom stereocenters. The third-order valence-electron chi connectivity index (χ3n) is 2.83. The highest BCUT2D eigenvalue weighted by molar-refractivity contribution is 6.31. The molecule has 0 unspecified atom stereocenters. The van der Waals surface area contributed by atoms with Crippen LogP contribution in [0.25, 0.3) is 10.9 Å². The van der Waals surface area contributed by atoms with Gasteiger partial charge >= 0.3 is 5.97 Å². The normalized spacial score (nSPS) is 11.8. The highest BCUT2D eigenvalue weighted by Crippen LogP contribution is 2.29. The van der Waals surface area contributed by atoms with Gasteiger partial charge in [-0.15, -0.1) is 0 Å². The number of benzene rings is 1. The van der Waals surface area contributed by atoms with Crippen LogP contribution >= 0.6 is 11.6 Å². The van der Waals surface area contributed by atoms with Crippen LogP contribution in [0, 0.1) is 5.82 Å². The number of fused-ring (bicyclic) bond motifs is 1. The van der Waals surface area contributed by atoms with Crippen molar-refractivity contribution in [2.24, 2.45) is 0 Å². The van der Waals surface area contributed by atoms with Crippen LogP contribution in [0.15, 0.2) is 18.2 Å². The van der Waals surface area contributed by atoms with E-state index < -0.39 is 11.8 Å². The largest absolute Gasteiger partial charge is 0.478 e. The zero-order chi connectivity index (χ0) is 14.4. The van der Waals surface area contributed by atoms with Crippen LogP contribution in [0.4, 0.5) is 4.39 Å². The van der Waals surface area contributed by atoms with Gasteiger partial charge in [0.05, 0.1) is 5.56 Å². The van der Waals surface area contributed by atoms with Crippen LogP contribution in [-0.4, -0.2) is 16.1 Å². The van der Waals surface area contributed by atoms with Crippen LogP contribution in [0.5, 0.6) is 0 Å². The Bertz CT molecular complexity index is 677. The molecule has 100 valence electrons. The Balaban J connectivity index is 2.92. The molecule has 0 spiro atoms. The minimum Gasteiger partial charge on any atom is -0.478 e. The number of nitrogens with zero attached hydrogens (tertiary/aromatic N) is 1. The van der Waals surface area contributed by atoms with Gasteiger partial charge in [0.15, 0.2) is 5.82 Å². The standard InChI is InChI=1S/C14H13ClFNO2/c1-14(2,3)11-6-9(13(18)19)8-4-7(15)5-10(16)12(8)17-11/h4-6H,1-3H3,(H,18,19). The third kappa shape index (κ3) is 2.54. The smallest absolute Gasteiger partial charge is 0.336 e. The molecule has 0 aliphatic carbocycles. The van der Waals surface area contributed by atoms with Crippen LogP contribution in [0.1, 0.15) is 36.8 Å². The third-order valence-corrected chi connectivity index (χ3v) is 3.05. The summed E-state index contributed by atoms with van der Waals surface area (Å²) in [6, 6.07) is 4.03. The average Bonchev–Trinajstić information content (AvgIpc) is 2.25. The van der Waals surface area contributed by atoms with Crippen molar-refractivity contribution in [3.05, 3.63) is 40.3 Å². The van der Waals surface area contributed by atoms with Gasteiger partial charge in [0, 0.05) is 21.5 Å². The second kappa shape index (κ2) is 4.46. The molecule has 1 N–H and O–H groups in total. The Morgan fingerprint density at radius 2 is 1.95 bits per heavy atom. The summed E-state index contributed by atoms with van der Waals surface area (Å²) in [4.78, 5) is 15.6. The summed E-state index contributed by atoms with van der Waals surface area (Å²) in [5, 5.41) is 9.63. The molecular weight excluding hydrogens is 269 g/mol. The summed E-state index contributed by atoms with van der Waals surface area (Å²) in [6.45, 7) is 5.67. The van der Waals surface area contributed by atoms with E-state index in [0.29, 0.717) is 5.69 Å². The van der Waals surface area contributed by atoms with Gasteiger partial charge < -0.3 is 5.11 Å². The molecule has 0 saturated carbocycles. The quantitative estimate of drug-likeness (QED) is 0.859. The van der Waals surface area contributed by atoms with Gasteiger partial charge in [-0.05, 0) is 18.2 Å². The van der Waals surface area contributed by atoms with Crippen LogP contribution in [-0.2, 0) is 5.41 Å². The number of aromatic carboxylic acids is 1. The maximum absolute atomic E-state index is 13.9. The van der Waals surface area contributed by atoms with Gasteiger partial charge in [-0.2, -0.15) is 0 Å². The molecule has 0 amide bonds. The number of rotatable bonds is 1. The summed E-state index contributed by atoms with van der Waals surface area (Å²) in [5.41, 5.74) is 0.203. The van der Waals surface area contributed by atoms with E-state index in [-0.39, 0.29) is 26.9 Å². The molecule has 1 aromatic carbocycles. The minimum atomic E-state index is -1.13. The average molecular weight is 282 g/mol. The van der Waals surface area contributed by atoms with E-state index >= 15 is 0 Å². The Kier molecular flexibility index (Phi) is 3.22. The Hall–Kier alpha value is -1.68. The summed E-state index contributed by atoms with van der Waals surface area (Å²) >= 11 is 5.77. The van der Waals surface area contributed by atoms with Crippen LogP contribution in [0.2, 0.25) is 5.02 Å². The maximum atomic E-state index is 13.9. The highest BCUT2D eigenvalue weighted by atomic mass is 35.5. The van der Waals surface area contributed by atoms with Crippen molar-refractivity contribution in [1.82, 2.24) is 4.98 Å². The molecule has 0 bridgehead atoms. The number of hydrogen-bond donors (Lipinski definition) is 1. The van der Waals surface area contributed by atoms with Gasteiger partial charge in [-0.25, -0.2) is 14.2 Å². The van der Waals surface area contributed by atoms with Crippen molar-refractivity contribution < 1.29 is 14.3 Å². The zero-order valence-electron chi connectivity index (χ0n) is 10.8. The molecule has 2 aromatic rings. The van der Waals surface area contributed by atoms with Crippen molar-refractivity contribution in [2.45, 2.75) is 26.2 Å². The van der Waals surface area contributed by atoms with Crippen LogP contribution in [0.3, 0.4) is 0 Å². The first-order valence-electron chi connectivity index (χ1n) is 5.73. The molecule has 0 aliphatic rings. The Morgan fingerprint density at radius 3 is 2.47 bits per heavy atom. The lowest BCUT2D eigenvalue weighted by Crippen LogP contribution is -2.15. The van der Waals surface area contributed by atoms with E-state index in [0.717, 1.165) is 6.07 Å². The number of carbonyl (C=O) groups is 1. The van der Waals surface area contributed by atoms with Gasteiger partial charge in [-0.3, -0.25) is 0 Å². The minimum absolute atomic E-state index is 0.0105. The highest BCUT2D eigenvalue weighted by Gasteiger charge is 2.21. The SMILES string of the molecule is CC(C)(C)c1cc(C(=O)O)c2cc(Cl)cc(F)c2n1. The van der Waals surface area contributed by atoms with E-state index in [2.05, 4.69) is 4.98 Å². The summed E-state index contributed by atoms with van der Waals surface area (Å²) in [5.74, 6) is -1.74. The molecule has 2 rings (SSSR count). The monoisotopic (exact) mass is 281 g/mol. The second-order valence-electron chi connectivity index (χ2n) is 5.39. The van der Waals surface area contributed by atoms with Crippen molar-refractivity contribution in [3.63, 3.8) is 0 Å². The molecule has 19 heavy (non-hydrogen) atoms. The molecule has 0 aliphatic heterocycles. The molecule has 1 aromatic heterocycles. The van der Waals surface area contributed by atoms with Crippen molar-refractivity contribution >= 4 is 28.5 Å². The number of pyridine rings is 1. The number of carboxylic acids is 1. The summed E-state index contributed by atoms with van der Waals surface area (Å²) < 4.78 is 13.9. The fraction of sp³-hybridized carbons (Fsp3) is 0.286. The van der Waals surface area contributed by atoms with Crippen molar-refractivity contribution in [2.75, 3.05) is 0 Å². The first kappa shape index (κ1) is 13.7. The number of aromatic nitrogens is 1. The van der Waals surface area contributed by atoms with Crippen molar-refractivity contribution in [3.8, 4) is 0 Å². The Labute approximate surface area is 115 Å². The van der Waals surface area contributed by atoms with E-state index in [1.165, 1.54) is 12.1 Å². The van der Waals surface area contributed by atoms with Gasteiger partial charge in [-0.1, -0.05) is 32.4 Å². The van der Waals surface area contributed by atoms with Gasteiger partial charge in [0.1, 0.15) is 5.52 Å². The lowest BCUT2D eigenvalue weighted by molar-refractivity contribution is 0.0699. The van der Waals surface area contributed by atoms with E-state index in [1.54, 1.807) is 0 Å². The molecule has 1 heterocycles. The Morgan fingerprint density at radius 1 is 1.32 bits per heavy atom. The van der Waals surface area contributed by atoms with Gasteiger partial charge in [0.25, 0.3) is 0 Å².